The van der Waals surface area contributed by atoms with E-state index in [1.807, 2.05) is 24.3 Å². The van der Waals surface area contributed by atoms with Crippen molar-refractivity contribution in [2.45, 2.75) is 20.8 Å². The van der Waals surface area contributed by atoms with Crippen molar-refractivity contribution in [1.82, 2.24) is 0 Å². The summed E-state index contributed by atoms with van der Waals surface area (Å²) in [5.74, 6) is 0.108. The number of Topliss-reactive ketones (excluding diaryl/α,β-unsaturated/α-hetero) is 1. The molecule has 2 aromatic carbocycles. The highest BCUT2D eigenvalue weighted by atomic mass is 16.1. The van der Waals surface area contributed by atoms with Crippen molar-refractivity contribution in [3.63, 3.8) is 0 Å². The lowest BCUT2D eigenvalue weighted by Crippen LogP contribution is -1.92. The fraction of sp³-hybridized carbons (Fsp3) is 0.188. The predicted octanol–water partition coefficient (Wildman–Crippen LogP) is 4.17. The van der Waals surface area contributed by atoms with Gasteiger partial charge in [0.1, 0.15) is 0 Å². The summed E-state index contributed by atoms with van der Waals surface area (Å²) in [7, 11) is 0. The van der Waals surface area contributed by atoms with E-state index in [1.165, 1.54) is 16.7 Å². The standard InChI is InChI=1S/C16H16O/c1-11-7-12(2)9-16(8-11)15-6-4-5-14(10-15)13(3)17/h4-10H,1-3H3. The van der Waals surface area contributed by atoms with E-state index in [0.29, 0.717) is 0 Å². The summed E-state index contributed by atoms with van der Waals surface area (Å²) in [6, 6.07) is 14.2. The van der Waals surface area contributed by atoms with Gasteiger partial charge in [-0.2, -0.15) is 0 Å². The number of carbonyl (C=O) groups excluding carboxylic acids is 1. The SMILES string of the molecule is CC(=O)c1cccc(-c2cc(C)cc(C)c2)c1. The van der Waals surface area contributed by atoms with Gasteiger partial charge in [0.2, 0.25) is 0 Å². The molecule has 0 N–H and O–H groups in total. The molecule has 0 aliphatic heterocycles. The monoisotopic (exact) mass is 224 g/mol. The first-order chi connectivity index (χ1) is 8.06. The van der Waals surface area contributed by atoms with Crippen LogP contribution in [0.3, 0.4) is 0 Å². The maximum Gasteiger partial charge on any atom is 0.159 e. The average molecular weight is 224 g/mol. The third-order valence-corrected chi connectivity index (χ3v) is 2.82. The first-order valence-electron chi connectivity index (χ1n) is 5.76. The molecular formula is C16H16O. The Morgan fingerprint density at radius 3 is 2.12 bits per heavy atom. The number of ketones is 1. The summed E-state index contributed by atoms with van der Waals surface area (Å²) < 4.78 is 0. The molecule has 0 aliphatic rings. The fourth-order valence-corrected chi connectivity index (χ4v) is 2.06. The zero-order valence-electron chi connectivity index (χ0n) is 10.4. The summed E-state index contributed by atoms with van der Waals surface area (Å²) >= 11 is 0. The quantitative estimate of drug-likeness (QED) is 0.699. The summed E-state index contributed by atoms with van der Waals surface area (Å²) in [5, 5.41) is 0. The zero-order chi connectivity index (χ0) is 12.4. The van der Waals surface area contributed by atoms with Crippen molar-refractivity contribution in [3.8, 4) is 11.1 Å². The Morgan fingerprint density at radius 2 is 1.53 bits per heavy atom. The van der Waals surface area contributed by atoms with E-state index in [0.717, 1.165) is 11.1 Å². The lowest BCUT2D eigenvalue weighted by Gasteiger charge is -2.06. The molecule has 0 bridgehead atoms. The molecule has 86 valence electrons. The second-order valence-corrected chi connectivity index (χ2v) is 4.51. The normalized spacial score (nSPS) is 10.3. The van der Waals surface area contributed by atoms with E-state index in [2.05, 4.69) is 32.0 Å². The molecule has 0 fully saturated rings. The van der Waals surface area contributed by atoms with Crippen molar-refractivity contribution in [3.05, 3.63) is 59.2 Å². The van der Waals surface area contributed by atoms with Gasteiger partial charge in [-0.3, -0.25) is 4.79 Å². The second-order valence-electron chi connectivity index (χ2n) is 4.51. The van der Waals surface area contributed by atoms with Crippen LogP contribution >= 0.6 is 0 Å². The molecule has 0 unspecified atom stereocenters. The highest BCUT2D eigenvalue weighted by Gasteiger charge is 2.03. The molecule has 0 saturated heterocycles. The van der Waals surface area contributed by atoms with Crippen molar-refractivity contribution in [2.24, 2.45) is 0 Å². The minimum Gasteiger partial charge on any atom is -0.295 e. The van der Waals surface area contributed by atoms with Crippen LogP contribution in [0.4, 0.5) is 0 Å². The maximum atomic E-state index is 11.4. The van der Waals surface area contributed by atoms with Gasteiger partial charge < -0.3 is 0 Å². The van der Waals surface area contributed by atoms with Crippen LogP contribution in [0, 0.1) is 13.8 Å². The van der Waals surface area contributed by atoms with Crippen LogP contribution in [0.2, 0.25) is 0 Å². The molecule has 0 atom stereocenters. The molecule has 0 spiro atoms. The van der Waals surface area contributed by atoms with Crippen LogP contribution in [0.5, 0.6) is 0 Å². The van der Waals surface area contributed by atoms with Crippen molar-refractivity contribution in [2.75, 3.05) is 0 Å². The number of carbonyl (C=O) groups is 1. The fourth-order valence-electron chi connectivity index (χ4n) is 2.06. The highest BCUT2D eigenvalue weighted by Crippen LogP contribution is 2.23. The summed E-state index contributed by atoms with van der Waals surface area (Å²) in [5.41, 5.74) is 5.53. The largest absolute Gasteiger partial charge is 0.295 e. The van der Waals surface area contributed by atoms with Gasteiger partial charge >= 0.3 is 0 Å². The van der Waals surface area contributed by atoms with Crippen LogP contribution < -0.4 is 0 Å². The van der Waals surface area contributed by atoms with Gasteiger partial charge in [0.15, 0.2) is 5.78 Å². The van der Waals surface area contributed by atoms with Crippen LogP contribution in [0.1, 0.15) is 28.4 Å². The van der Waals surface area contributed by atoms with Gasteiger partial charge in [0.25, 0.3) is 0 Å². The number of hydrogen-bond donors (Lipinski definition) is 0. The van der Waals surface area contributed by atoms with Crippen LogP contribution in [-0.2, 0) is 0 Å². The van der Waals surface area contributed by atoms with Crippen molar-refractivity contribution >= 4 is 5.78 Å². The number of aryl methyl sites for hydroxylation is 2. The molecule has 0 aliphatic carbocycles. The van der Waals surface area contributed by atoms with Crippen molar-refractivity contribution in [1.29, 1.82) is 0 Å². The molecule has 0 heterocycles. The van der Waals surface area contributed by atoms with Crippen molar-refractivity contribution < 1.29 is 4.79 Å². The third-order valence-electron chi connectivity index (χ3n) is 2.82. The Bertz CT molecular complexity index is 547. The van der Waals surface area contributed by atoms with Gasteiger partial charge in [0.05, 0.1) is 0 Å². The Labute approximate surface area is 102 Å². The van der Waals surface area contributed by atoms with Crippen LogP contribution in [-0.4, -0.2) is 5.78 Å². The molecule has 0 amide bonds. The second kappa shape index (κ2) is 4.54. The van der Waals surface area contributed by atoms with Gasteiger partial charge in [-0.05, 0) is 38.0 Å². The molecule has 1 heteroatoms. The summed E-state index contributed by atoms with van der Waals surface area (Å²) in [6.07, 6.45) is 0. The topological polar surface area (TPSA) is 17.1 Å². The van der Waals surface area contributed by atoms with E-state index < -0.39 is 0 Å². The van der Waals surface area contributed by atoms with E-state index in [1.54, 1.807) is 6.92 Å². The average Bonchev–Trinajstić information content (AvgIpc) is 2.28. The lowest BCUT2D eigenvalue weighted by molar-refractivity contribution is 0.101. The molecule has 17 heavy (non-hydrogen) atoms. The summed E-state index contributed by atoms with van der Waals surface area (Å²) in [4.78, 5) is 11.4. The Hall–Kier alpha value is -1.89. The van der Waals surface area contributed by atoms with Gasteiger partial charge in [-0.15, -0.1) is 0 Å². The third kappa shape index (κ3) is 2.62. The minimum atomic E-state index is 0.108. The smallest absolute Gasteiger partial charge is 0.159 e. The van der Waals surface area contributed by atoms with E-state index in [-0.39, 0.29) is 5.78 Å². The highest BCUT2D eigenvalue weighted by molar-refractivity contribution is 5.95. The van der Waals surface area contributed by atoms with Gasteiger partial charge in [-0.1, -0.05) is 47.5 Å². The van der Waals surface area contributed by atoms with Gasteiger partial charge in [0, 0.05) is 5.56 Å². The van der Waals surface area contributed by atoms with Gasteiger partial charge in [-0.25, -0.2) is 0 Å². The Kier molecular flexibility index (Phi) is 3.10. The predicted molar refractivity (Wildman–Crippen MR) is 71.4 cm³/mol. The Balaban J connectivity index is 2.52. The summed E-state index contributed by atoms with van der Waals surface area (Å²) in [6.45, 7) is 5.78. The molecule has 1 nitrogen and oxygen atoms in total. The molecule has 0 aromatic heterocycles. The van der Waals surface area contributed by atoms with E-state index in [9.17, 15) is 4.79 Å². The molecule has 2 aromatic rings. The lowest BCUT2D eigenvalue weighted by atomic mass is 9.98. The minimum absolute atomic E-state index is 0.108. The van der Waals surface area contributed by atoms with Crippen LogP contribution in [0.15, 0.2) is 42.5 Å². The molecule has 2 rings (SSSR count). The molecule has 0 saturated carbocycles. The number of hydrogen-bond acceptors (Lipinski definition) is 1. The maximum absolute atomic E-state index is 11.4. The first-order valence-corrected chi connectivity index (χ1v) is 5.76. The molecule has 0 radical (unpaired) electrons. The molecular weight excluding hydrogens is 208 g/mol. The first kappa shape index (κ1) is 11.6. The van der Waals surface area contributed by atoms with Crippen LogP contribution in [0.25, 0.3) is 11.1 Å². The number of benzene rings is 2. The zero-order valence-corrected chi connectivity index (χ0v) is 10.4. The Morgan fingerprint density at radius 1 is 0.882 bits per heavy atom. The van der Waals surface area contributed by atoms with E-state index in [4.69, 9.17) is 0 Å². The van der Waals surface area contributed by atoms with E-state index >= 15 is 0 Å². The number of rotatable bonds is 2.